The standard InChI is InChI=1S/C27H25NO5/c1-13-5-7-16-15(11-13)6-8-17-21(16)24(29)18-9-10-19-23(22(18)25(17)30)28-27(3)12-20(31-4)32-14(2)26(27)33-19/h5-11,14,20,26,28H,12H2,1-4H3/t14-,20-,26?,27+/m0/s1. The number of methoxy groups -OCH3 is 1. The van der Waals surface area contributed by atoms with Crippen LogP contribution in [-0.4, -0.2) is 42.7 Å². The molecule has 0 spiro atoms. The molecular weight excluding hydrogens is 418 g/mol. The number of fused-ring (bicyclic) bond motifs is 7. The zero-order chi connectivity index (χ0) is 23.1. The Bertz CT molecular complexity index is 1360. The normalized spacial score (nSPS) is 27.7. The number of ether oxygens (including phenoxy) is 3. The van der Waals surface area contributed by atoms with Crippen molar-refractivity contribution in [3.63, 3.8) is 0 Å². The van der Waals surface area contributed by atoms with Crippen LogP contribution in [0.2, 0.25) is 0 Å². The van der Waals surface area contributed by atoms with Gasteiger partial charge in [0.15, 0.2) is 17.9 Å². The molecular formula is C27H25NO5. The highest BCUT2D eigenvalue weighted by Gasteiger charge is 2.51. The van der Waals surface area contributed by atoms with E-state index in [9.17, 15) is 9.59 Å². The van der Waals surface area contributed by atoms with Gasteiger partial charge in [-0.15, -0.1) is 0 Å². The molecule has 0 bridgehead atoms. The first-order valence-corrected chi connectivity index (χ1v) is 11.2. The van der Waals surface area contributed by atoms with Gasteiger partial charge in [-0.1, -0.05) is 29.8 Å². The average molecular weight is 443 g/mol. The first-order valence-electron chi connectivity index (χ1n) is 11.2. The number of nitrogens with one attached hydrogen (secondary N) is 1. The van der Waals surface area contributed by atoms with Gasteiger partial charge in [-0.25, -0.2) is 0 Å². The van der Waals surface area contributed by atoms with Crippen molar-refractivity contribution in [2.45, 2.75) is 51.2 Å². The van der Waals surface area contributed by atoms with E-state index in [1.54, 1.807) is 25.3 Å². The monoisotopic (exact) mass is 443 g/mol. The molecule has 0 saturated carbocycles. The minimum absolute atomic E-state index is 0.138. The van der Waals surface area contributed by atoms with Gasteiger partial charge >= 0.3 is 0 Å². The summed E-state index contributed by atoms with van der Waals surface area (Å²) < 4.78 is 17.8. The van der Waals surface area contributed by atoms with E-state index in [0.717, 1.165) is 16.3 Å². The second-order valence-electron chi connectivity index (χ2n) is 9.52. The lowest BCUT2D eigenvalue weighted by Gasteiger charge is -2.51. The highest BCUT2D eigenvalue weighted by atomic mass is 16.7. The third-order valence-corrected chi connectivity index (χ3v) is 7.22. The summed E-state index contributed by atoms with van der Waals surface area (Å²) in [5.41, 5.74) is 2.85. The molecule has 168 valence electrons. The van der Waals surface area contributed by atoms with E-state index >= 15 is 0 Å². The molecule has 0 aromatic heterocycles. The van der Waals surface area contributed by atoms with Gasteiger partial charge in [0, 0.05) is 30.2 Å². The third-order valence-electron chi connectivity index (χ3n) is 7.22. The van der Waals surface area contributed by atoms with E-state index in [-0.39, 0.29) is 30.1 Å². The number of rotatable bonds is 1. The molecule has 0 radical (unpaired) electrons. The van der Waals surface area contributed by atoms with E-state index in [4.69, 9.17) is 14.2 Å². The first kappa shape index (κ1) is 20.4. The zero-order valence-electron chi connectivity index (χ0n) is 19.0. The summed E-state index contributed by atoms with van der Waals surface area (Å²) in [5, 5.41) is 5.32. The van der Waals surface area contributed by atoms with E-state index in [1.807, 2.05) is 45.0 Å². The first-order chi connectivity index (χ1) is 15.8. The van der Waals surface area contributed by atoms with E-state index in [1.165, 1.54) is 0 Å². The summed E-state index contributed by atoms with van der Waals surface area (Å²) in [6.45, 7) is 6.01. The Kier molecular flexibility index (Phi) is 4.26. The molecule has 0 amide bonds. The lowest BCUT2D eigenvalue weighted by Crippen LogP contribution is -2.63. The second kappa shape index (κ2) is 6.89. The Morgan fingerprint density at radius 3 is 2.55 bits per heavy atom. The van der Waals surface area contributed by atoms with Gasteiger partial charge in [-0.2, -0.15) is 0 Å². The van der Waals surface area contributed by atoms with Crippen molar-refractivity contribution >= 4 is 28.0 Å². The SMILES string of the molecule is CO[C@@H]1C[C@@]2(C)Nc3c(ccc4c3C(=O)c3ccc5cc(C)ccc5c3C4=O)OC2[C@H](C)O1. The molecule has 2 aliphatic heterocycles. The minimum Gasteiger partial charge on any atom is -0.483 e. The summed E-state index contributed by atoms with van der Waals surface area (Å²) in [5.74, 6) is 0.255. The van der Waals surface area contributed by atoms with Crippen molar-refractivity contribution in [2.24, 2.45) is 0 Å². The summed E-state index contributed by atoms with van der Waals surface area (Å²) in [6, 6.07) is 13.1. The number of carbonyl (C=O) groups is 2. The molecule has 3 aromatic rings. The molecule has 3 aliphatic rings. The second-order valence-corrected chi connectivity index (χ2v) is 9.52. The van der Waals surface area contributed by atoms with Gasteiger partial charge in [0.25, 0.3) is 0 Å². The van der Waals surface area contributed by atoms with Crippen molar-refractivity contribution < 1.29 is 23.8 Å². The van der Waals surface area contributed by atoms with Crippen LogP contribution in [0.25, 0.3) is 10.8 Å². The molecule has 2 heterocycles. The fourth-order valence-corrected chi connectivity index (χ4v) is 5.63. The van der Waals surface area contributed by atoms with Crippen LogP contribution in [0, 0.1) is 6.92 Å². The predicted octanol–water partition coefficient (Wildman–Crippen LogP) is 4.64. The van der Waals surface area contributed by atoms with Crippen LogP contribution in [0.1, 0.15) is 57.7 Å². The Labute approximate surface area is 191 Å². The molecule has 3 aromatic carbocycles. The summed E-state index contributed by atoms with van der Waals surface area (Å²) in [4.78, 5) is 27.5. The van der Waals surface area contributed by atoms with Crippen molar-refractivity contribution in [1.82, 2.24) is 0 Å². The maximum Gasteiger partial charge on any atom is 0.196 e. The van der Waals surface area contributed by atoms with Gasteiger partial charge in [-0.3, -0.25) is 9.59 Å². The Morgan fingerprint density at radius 2 is 1.76 bits per heavy atom. The molecule has 4 atom stereocenters. The average Bonchev–Trinajstić information content (AvgIpc) is 2.79. The van der Waals surface area contributed by atoms with Crippen LogP contribution in [0.15, 0.2) is 42.5 Å². The molecule has 33 heavy (non-hydrogen) atoms. The van der Waals surface area contributed by atoms with Crippen LogP contribution >= 0.6 is 0 Å². The minimum atomic E-state index is -0.523. The molecule has 1 aliphatic carbocycles. The zero-order valence-corrected chi connectivity index (χ0v) is 19.0. The fraction of sp³-hybridized carbons (Fsp3) is 0.333. The van der Waals surface area contributed by atoms with Crippen molar-refractivity contribution in [2.75, 3.05) is 12.4 Å². The van der Waals surface area contributed by atoms with Crippen LogP contribution in [-0.2, 0) is 9.47 Å². The van der Waals surface area contributed by atoms with Crippen LogP contribution in [0.5, 0.6) is 5.75 Å². The van der Waals surface area contributed by atoms with Gasteiger partial charge < -0.3 is 19.5 Å². The number of anilines is 1. The molecule has 1 N–H and O–H groups in total. The van der Waals surface area contributed by atoms with Gasteiger partial charge in [0.05, 0.1) is 22.9 Å². The molecule has 1 unspecified atom stereocenters. The van der Waals surface area contributed by atoms with Crippen molar-refractivity contribution in [3.8, 4) is 5.75 Å². The maximum absolute atomic E-state index is 13.8. The number of ketones is 2. The van der Waals surface area contributed by atoms with E-state index < -0.39 is 5.54 Å². The van der Waals surface area contributed by atoms with Gasteiger partial charge in [0.2, 0.25) is 0 Å². The Hall–Kier alpha value is -3.22. The number of hydrogen-bond acceptors (Lipinski definition) is 6. The lowest BCUT2D eigenvalue weighted by molar-refractivity contribution is -0.220. The number of carbonyl (C=O) groups excluding carboxylic acids is 2. The third kappa shape index (κ3) is 2.81. The van der Waals surface area contributed by atoms with Crippen LogP contribution in [0.4, 0.5) is 5.69 Å². The van der Waals surface area contributed by atoms with Crippen molar-refractivity contribution in [3.05, 3.63) is 70.3 Å². The van der Waals surface area contributed by atoms with Crippen molar-refractivity contribution in [1.29, 1.82) is 0 Å². The number of aryl methyl sites for hydroxylation is 1. The smallest absolute Gasteiger partial charge is 0.196 e. The molecule has 1 saturated heterocycles. The molecule has 1 fully saturated rings. The van der Waals surface area contributed by atoms with E-state index in [0.29, 0.717) is 40.1 Å². The topological polar surface area (TPSA) is 73.9 Å². The quantitative estimate of drug-likeness (QED) is 0.462. The molecule has 6 nitrogen and oxygen atoms in total. The molecule has 6 heteroatoms. The lowest BCUT2D eigenvalue weighted by atomic mass is 9.78. The summed E-state index contributed by atoms with van der Waals surface area (Å²) in [6.07, 6.45) is -0.308. The van der Waals surface area contributed by atoms with Gasteiger partial charge in [0.1, 0.15) is 11.9 Å². The largest absolute Gasteiger partial charge is 0.483 e. The maximum atomic E-state index is 13.8. The number of benzene rings is 3. The summed E-state index contributed by atoms with van der Waals surface area (Å²) >= 11 is 0. The van der Waals surface area contributed by atoms with Crippen LogP contribution < -0.4 is 10.1 Å². The van der Waals surface area contributed by atoms with Gasteiger partial charge in [-0.05, 0) is 49.7 Å². The predicted molar refractivity (Wildman–Crippen MR) is 124 cm³/mol. The van der Waals surface area contributed by atoms with E-state index in [2.05, 4.69) is 5.32 Å². The molecule has 6 rings (SSSR count). The van der Waals surface area contributed by atoms with Crippen LogP contribution in [0.3, 0.4) is 0 Å². The highest BCUT2D eigenvalue weighted by molar-refractivity contribution is 6.33. The summed E-state index contributed by atoms with van der Waals surface area (Å²) in [7, 11) is 1.62. The Balaban J connectivity index is 1.51. The fourth-order valence-electron chi connectivity index (χ4n) is 5.63. The number of hydrogen-bond donors (Lipinski definition) is 1. The Morgan fingerprint density at radius 1 is 1.03 bits per heavy atom. The highest BCUT2D eigenvalue weighted by Crippen LogP contribution is 2.47.